The van der Waals surface area contributed by atoms with E-state index in [2.05, 4.69) is 43.4 Å². The van der Waals surface area contributed by atoms with Crippen LogP contribution in [-0.2, 0) is 11.3 Å². The van der Waals surface area contributed by atoms with Crippen LogP contribution in [0.1, 0.15) is 56.6 Å². The minimum atomic E-state index is 0. The van der Waals surface area contributed by atoms with Crippen LogP contribution in [0.5, 0.6) is 0 Å². The van der Waals surface area contributed by atoms with Crippen LogP contribution in [-0.4, -0.2) is 30.4 Å². The lowest BCUT2D eigenvalue weighted by Gasteiger charge is -2.19. The molecule has 1 aliphatic rings. The highest BCUT2D eigenvalue weighted by Crippen LogP contribution is 2.16. The van der Waals surface area contributed by atoms with E-state index < -0.39 is 0 Å². The summed E-state index contributed by atoms with van der Waals surface area (Å²) in [7, 11) is 1.90. The molecule has 4 heteroatoms. The fraction of sp³-hybridized carbons (Fsp3) is 0.611. The molecule has 1 saturated heterocycles. The first-order chi connectivity index (χ1) is 10.1. The summed E-state index contributed by atoms with van der Waals surface area (Å²) in [5.74, 6) is 0.800. The van der Waals surface area contributed by atoms with Gasteiger partial charge in [0.25, 0.3) is 0 Å². The minimum Gasteiger partial charge on any atom is -0.341 e. The lowest BCUT2D eigenvalue weighted by atomic mass is 10.0. The van der Waals surface area contributed by atoms with Crippen molar-refractivity contribution in [3.05, 3.63) is 35.4 Å². The van der Waals surface area contributed by atoms with E-state index in [0.29, 0.717) is 24.9 Å². The first-order valence-electron chi connectivity index (χ1n) is 8.12. The summed E-state index contributed by atoms with van der Waals surface area (Å²) >= 11 is 0. The lowest BCUT2D eigenvalue weighted by molar-refractivity contribution is -0.130. The first-order valence-corrected chi connectivity index (χ1v) is 8.12. The molecule has 1 fully saturated rings. The van der Waals surface area contributed by atoms with E-state index in [9.17, 15) is 4.79 Å². The molecule has 0 spiro atoms. The van der Waals surface area contributed by atoms with Crippen molar-refractivity contribution in [3.63, 3.8) is 0 Å². The second-order valence-corrected chi connectivity index (χ2v) is 6.48. The second kappa shape index (κ2) is 9.16. The number of benzene rings is 1. The normalized spacial score (nSPS) is 17.4. The van der Waals surface area contributed by atoms with Crippen molar-refractivity contribution in [2.24, 2.45) is 0 Å². The summed E-state index contributed by atoms with van der Waals surface area (Å²) in [5, 5.41) is 3.45. The zero-order valence-corrected chi connectivity index (χ0v) is 14.8. The fourth-order valence-corrected chi connectivity index (χ4v) is 2.86. The maximum atomic E-state index is 12.2. The van der Waals surface area contributed by atoms with Crippen molar-refractivity contribution in [2.75, 3.05) is 13.6 Å². The van der Waals surface area contributed by atoms with Crippen molar-refractivity contribution in [1.29, 1.82) is 0 Å². The summed E-state index contributed by atoms with van der Waals surface area (Å²) in [4.78, 5) is 14.0. The van der Waals surface area contributed by atoms with Gasteiger partial charge < -0.3 is 10.2 Å². The Morgan fingerprint density at radius 3 is 2.55 bits per heavy atom. The largest absolute Gasteiger partial charge is 0.341 e. The average molecular weight is 325 g/mol. The fourth-order valence-electron chi connectivity index (χ4n) is 2.86. The van der Waals surface area contributed by atoms with Crippen LogP contribution >= 0.6 is 12.4 Å². The third-order valence-corrected chi connectivity index (χ3v) is 4.36. The van der Waals surface area contributed by atoms with E-state index in [4.69, 9.17) is 0 Å². The van der Waals surface area contributed by atoms with Crippen molar-refractivity contribution in [1.82, 2.24) is 10.2 Å². The molecule has 1 atom stereocenters. The van der Waals surface area contributed by atoms with Crippen LogP contribution in [0.3, 0.4) is 0 Å². The monoisotopic (exact) mass is 324 g/mol. The zero-order chi connectivity index (χ0) is 15.2. The van der Waals surface area contributed by atoms with Gasteiger partial charge in [0.2, 0.25) is 5.91 Å². The number of hydrogen-bond donors (Lipinski definition) is 1. The van der Waals surface area contributed by atoms with E-state index in [1.165, 1.54) is 24.0 Å². The van der Waals surface area contributed by atoms with Crippen LogP contribution < -0.4 is 5.32 Å². The molecule has 0 aromatic heterocycles. The Morgan fingerprint density at radius 1 is 1.32 bits per heavy atom. The molecule has 0 saturated carbocycles. The van der Waals surface area contributed by atoms with Gasteiger partial charge >= 0.3 is 0 Å². The number of amides is 1. The van der Waals surface area contributed by atoms with Gasteiger partial charge in [-0.15, -0.1) is 12.4 Å². The van der Waals surface area contributed by atoms with Crippen molar-refractivity contribution in [3.8, 4) is 0 Å². The quantitative estimate of drug-likeness (QED) is 0.865. The van der Waals surface area contributed by atoms with E-state index in [0.717, 1.165) is 13.0 Å². The summed E-state index contributed by atoms with van der Waals surface area (Å²) < 4.78 is 0. The Hall–Kier alpha value is -1.06. The molecule has 1 amide bonds. The number of rotatable bonds is 6. The summed E-state index contributed by atoms with van der Waals surface area (Å²) in [6.07, 6.45) is 4.08. The van der Waals surface area contributed by atoms with Gasteiger partial charge in [-0.3, -0.25) is 4.79 Å². The maximum absolute atomic E-state index is 12.2. The number of nitrogens with zero attached hydrogens (tertiary/aromatic N) is 1. The number of carbonyl (C=O) groups is 1. The molecule has 1 unspecified atom stereocenters. The number of nitrogens with one attached hydrogen (secondary N) is 1. The summed E-state index contributed by atoms with van der Waals surface area (Å²) in [6, 6.07) is 9.16. The van der Waals surface area contributed by atoms with Gasteiger partial charge in [0.05, 0.1) is 0 Å². The SMILES string of the molecule is CC(C)c1ccc(CN(C)C(=O)CCC2CCCN2)cc1.Cl. The molecule has 0 radical (unpaired) electrons. The Kier molecular flexibility index (Phi) is 7.91. The average Bonchev–Trinajstić information content (AvgIpc) is 2.98. The zero-order valence-electron chi connectivity index (χ0n) is 14.0. The molecule has 0 aliphatic carbocycles. The number of halogens is 1. The highest BCUT2D eigenvalue weighted by molar-refractivity contribution is 5.85. The molecule has 124 valence electrons. The first kappa shape index (κ1) is 19.0. The second-order valence-electron chi connectivity index (χ2n) is 6.48. The minimum absolute atomic E-state index is 0. The maximum Gasteiger partial charge on any atom is 0.222 e. The molecule has 22 heavy (non-hydrogen) atoms. The van der Waals surface area contributed by atoms with Gasteiger partial charge in [-0.2, -0.15) is 0 Å². The van der Waals surface area contributed by atoms with Gasteiger partial charge in [-0.1, -0.05) is 38.1 Å². The number of hydrogen-bond acceptors (Lipinski definition) is 2. The molecule has 1 aromatic rings. The molecule has 1 heterocycles. The van der Waals surface area contributed by atoms with E-state index in [-0.39, 0.29) is 18.3 Å². The molecule has 1 aromatic carbocycles. The highest BCUT2D eigenvalue weighted by Gasteiger charge is 2.17. The van der Waals surface area contributed by atoms with Crippen LogP contribution in [0, 0.1) is 0 Å². The van der Waals surface area contributed by atoms with Gasteiger partial charge in [0.15, 0.2) is 0 Å². The van der Waals surface area contributed by atoms with Crippen LogP contribution in [0.15, 0.2) is 24.3 Å². The van der Waals surface area contributed by atoms with Gasteiger partial charge in [0, 0.05) is 26.1 Å². The highest BCUT2D eigenvalue weighted by atomic mass is 35.5. The number of carbonyl (C=O) groups excluding carboxylic acids is 1. The van der Waals surface area contributed by atoms with Gasteiger partial charge in [0.1, 0.15) is 0 Å². The predicted octanol–water partition coefficient (Wildman–Crippen LogP) is 3.72. The summed E-state index contributed by atoms with van der Waals surface area (Å²) in [6.45, 7) is 6.20. The molecule has 1 N–H and O–H groups in total. The molecular weight excluding hydrogens is 296 g/mol. The third kappa shape index (κ3) is 5.62. The smallest absolute Gasteiger partial charge is 0.222 e. The van der Waals surface area contributed by atoms with Crippen molar-refractivity contribution < 1.29 is 4.79 Å². The van der Waals surface area contributed by atoms with Crippen molar-refractivity contribution >= 4 is 18.3 Å². The molecular formula is C18H29ClN2O. The van der Waals surface area contributed by atoms with Crippen LogP contribution in [0.2, 0.25) is 0 Å². The Morgan fingerprint density at radius 2 is 2.00 bits per heavy atom. The van der Waals surface area contributed by atoms with E-state index in [1.54, 1.807) is 0 Å². The molecule has 1 aliphatic heterocycles. The summed E-state index contributed by atoms with van der Waals surface area (Å²) in [5.41, 5.74) is 2.55. The Labute approximate surface area is 140 Å². The lowest BCUT2D eigenvalue weighted by Crippen LogP contribution is -2.29. The molecule has 0 bridgehead atoms. The van der Waals surface area contributed by atoms with Gasteiger partial charge in [-0.05, 0) is 42.9 Å². The standard InChI is InChI=1S/C18H28N2O.ClH/c1-14(2)16-8-6-15(7-9-16)13-20(3)18(21)11-10-17-5-4-12-19-17;/h6-9,14,17,19H,4-5,10-13H2,1-3H3;1H. The van der Waals surface area contributed by atoms with Crippen LogP contribution in [0.4, 0.5) is 0 Å². The van der Waals surface area contributed by atoms with E-state index in [1.807, 2.05) is 11.9 Å². The predicted molar refractivity (Wildman–Crippen MR) is 94.5 cm³/mol. The topological polar surface area (TPSA) is 32.3 Å². The van der Waals surface area contributed by atoms with Crippen molar-refractivity contribution in [2.45, 2.75) is 58.0 Å². The van der Waals surface area contributed by atoms with Crippen LogP contribution in [0.25, 0.3) is 0 Å². The molecule has 3 nitrogen and oxygen atoms in total. The molecule has 2 rings (SSSR count). The van der Waals surface area contributed by atoms with Gasteiger partial charge in [-0.25, -0.2) is 0 Å². The Bertz CT molecular complexity index is 453. The Balaban J connectivity index is 0.00000242. The third-order valence-electron chi connectivity index (χ3n) is 4.36. The van der Waals surface area contributed by atoms with E-state index >= 15 is 0 Å².